The molecule has 0 bridgehead atoms. The van der Waals surface area contributed by atoms with Gasteiger partial charge in [-0.3, -0.25) is 0 Å². The Kier molecular flexibility index (Phi) is 6.19. The number of hydrogen-bond donors (Lipinski definition) is 1. The number of fused-ring (bicyclic) bond motifs is 1. The largest absolute Gasteiger partial charge is 0.508 e. The Labute approximate surface area is 232 Å². The van der Waals surface area contributed by atoms with Gasteiger partial charge in [-0.1, -0.05) is 125 Å². The first-order valence-corrected chi connectivity index (χ1v) is 14.0. The monoisotopic (exact) mass is 508 g/mol. The second-order valence-corrected chi connectivity index (χ2v) is 12.2. The molecule has 0 amide bonds. The van der Waals surface area contributed by atoms with Gasteiger partial charge < -0.3 is 5.11 Å². The van der Waals surface area contributed by atoms with Crippen LogP contribution in [-0.2, 0) is 10.8 Å². The van der Waals surface area contributed by atoms with E-state index in [-0.39, 0.29) is 16.6 Å². The highest BCUT2D eigenvalue weighted by molar-refractivity contribution is 5.93. The summed E-state index contributed by atoms with van der Waals surface area (Å²) in [6, 6.07) is 40.8. The zero-order chi connectivity index (χ0) is 27.2. The Morgan fingerprint density at radius 3 is 1.72 bits per heavy atom. The summed E-state index contributed by atoms with van der Waals surface area (Å²) in [5, 5.41) is 9.90. The van der Waals surface area contributed by atoms with E-state index in [0.717, 1.165) is 11.1 Å². The standard InChI is InChI=1S/C38H36O/c1-37(2)22-23-38(3,4)36-25-29(17-21-35(36)37)34-24-28(26-10-6-5-7-11-26)16-20-33(34)32-13-9-8-12-31(32)27-14-18-30(39)19-15-27/h5-21,24-25,39H,22-23H2,1-4H3. The number of rotatable bonds is 4. The van der Waals surface area contributed by atoms with E-state index in [0.29, 0.717) is 0 Å². The molecule has 0 spiro atoms. The lowest BCUT2D eigenvalue weighted by molar-refractivity contribution is 0.332. The molecule has 1 aliphatic rings. The van der Waals surface area contributed by atoms with Crippen LogP contribution in [0.4, 0.5) is 0 Å². The van der Waals surface area contributed by atoms with Crippen LogP contribution in [0.25, 0.3) is 44.5 Å². The van der Waals surface area contributed by atoms with Crippen molar-refractivity contribution in [2.45, 2.75) is 51.4 Å². The van der Waals surface area contributed by atoms with Gasteiger partial charge in [0, 0.05) is 0 Å². The lowest BCUT2D eigenvalue weighted by atomic mass is 9.63. The van der Waals surface area contributed by atoms with Crippen molar-refractivity contribution in [3.05, 3.63) is 126 Å². The minimum atomic E-state index is 0.141. The zero-order valence-corrected chi connectivity index (χ0v) is 23.3. The van der Waals surface area contributed by atoms with Crippen molar-refractivity contribution in [3.63, 3.8) is 0 Å². The van der Waals surface area contributed by atoms with E-state index in [2.05, 4.69) is 119 Å². The Morgan fingerprint density at radius 2 is 1.00 bits per heavy atom. The van der Waals surface area contributed by atoms with Gasteiger partial charge in [-0.05, 0) is 97.5 Å². The van der Waals surface area contributed by atoms with E-state index in [4.69, 9.17) is 0 Å². The van der Waals surface area contributed by atoms with E-state index in [9.17, 15) is 5.11 Å². The minimum Gasteiger partial charge on any atom is -0.508 e. The van der Waals surface area contributed by atoms with Gasteiger partial charge >= 0.3 is 0 Å². The predicted octanol–water partition coefficient (Wildman–Crippen LogP) is 10.4. The molecule has 1 heteroatoms. The molecule has 1 aliphatic carbocycles. The molecule has 39 heavy (non-hydrogen) atoms. The first kappa shape index (κ1) is 25.2. The quantitative estimate of drug-likeness (QED) is 0.256. The van der Waals surface area contributed by atoms with Gasteiger partial charge in [0.2, 0.25) is 0 Å². The van der Waals surface area contributed by atoms with Crippen LogP contribution in [0.15, 0.2) is 115 Å². The van der Waals surface area contributed by atoms with Gasteiger partial charge in [-0.25, -0.2) is 0 Å². The Bertz CT molecular complexity index is 1640. The van der Waals surface area contributed by atoms with Crippen LogP contribution in [0.5, 0.6) is 5.75 Å². The van der Waals surface area contributed by atoms with Crippen molar-refractivity contribution in [3.8, 4) is 50.3 Å². The predicted molar refractivity (Wildman–Crippen MR) is 165 cm³/mol. The summed E-state index contributed by atoms with van der Waals surface area (Å²) in [6.45, 7) is 9.56. The minimum absolute atomic E-state index is 0.141. The van der Waals surface area contributed by atoms with Crippen molar-refractivity contribution in [1.82, 2.24) is 0 Å². The third kappa shape index (κ3) is 4.68. The second-order valence-electron chi connectivity index (χ2n) is 12.2. The maximum Gasteiger partial charge on any atom is 0.115 e. The molecule has 0 atom stereocenters. The lowest BCUT2D eigenvalue weighted by Gasteiger charge is -2.42. The summed E-state index contributed by atoms with van der Waals surface area (Å²) in [7, 11) is 0. The van der Waals surface area contributed by atoms with E-state index in [1.807, 2.05) is 12.1 Å². The molecule has 0 heterocycles. The SMILES string of the molecule is CC1(C)CCC(C)(C)c2cc(-c3cc(-c4ccccc4)ccc3-c3ccccc3-c3ccc(O)cc3)ccc21. The van der Waals surface area contributed by atoms with Crippen molar-refractivity contribution < 1.29 is 5.11 Å². The summed E-state index contributed by atoms with van der Waals surface area (Å²) < 4.78 is 0. The third-order valence-electron chi connectivity index (χ3n) is 8.69. The maximum absolute atomic E-state index is 9.90. The molecule has 0 saturated heterocycles. The molecule has 0 aromatic heterocycles. The second kappa shape index (κ2) is 9.58. The summed E-state index contributed by atoms with van der Waals surface area (Å²) >= 11 is 0. The maximum atomic E-state index is 9.90. The topological polar surface area (TPSA) is 20.2 Å². The molecule has 0 fully saturated rings. The molecule has 194 valence electrons. The Morgan fingerprint density at radius 1 is 0.436 bits per heavy atom. The van der Waals surface area contributed by atoms with E-state index >= 15 is 0 Å². The lowest BCUT2D eigenvalue weighted by Crippen LogP contribution is -2.33. The van der Waals surface area contributed by atoms with Crippen LogP contribution >= 0.6 is 0 Å². The first-order chi connectivity index (χ1) is 18.7. The van der Waals surface area contributed by atoms with Gasteiger partial charge in [-0.15, -0.1) is 0 Å². The number of hydrogen-bond acceptors (Lipinski definition) is 1. The van der Waals surface area contributed by atoms with E-state index < -0.39 is 0 Å². The summed E-state index contributed by atoms with van der Waals surface area (Å²) in [4.78, 5) is 0. The fourth-order valence-corrected chi connectivity index (χ4v) is 6.20. The number of aromatic hydroxyl groups is 1. The van der Waals surface area contributed by atoms with Crippen molar-refractivity contribution in [2.24, 2.45) is 0 Å². The molecule has 5 aromatic carbocycles. The van der Waals surface area contributed by atoms with Crippen LogP contribution in [0.2, 0.25) is 0 Å². The fourth-order valence-electron chi connectivity index (χ4n) is 6.20. The number of phenolic OH excluding ortho intramolecular Hbond substituents is 1. The molecule has 6 rings (SSSR count). The molecule has 0 unspecified atom stereocenters. The molecular formula is C38H36O. The summed E-state index contributed by atoms with van der Waals surface area (Å²) in [5.41, 5.74) is 12.9. The van der Waals surface area contributed by atoms with E-state index in [1.54, 1.807) is 12.1 Å². The Balaban J connectivity index is 1.59. The van der Waals surface area contributed by atoms with Crippen molar-refractivity contribution in [1.29, 1.82) is 0 Å². The highest BCUT2D eigenvalue weighted by Gasteiger charge is 2.37. The Hall–Kier alpha value is -4.10. The highest BCUT2D eigenvalue weighted by atomic mass is 16.3. The number of phenols is 1. The number of benzene rings is 5. The zero-order valence-electron chi connectivity index (χ0n) is 23.3. The van der Waals surface area contributed by atoms with Crippen LogP contribution in [0, 0.1) is 0 Å². The van der Waals surface area contributed by atoms with Crippen LogP contribution in [0.1, 0.15) is 51.7 Å². The van der Waals surface area contributed by atoms with Gasteiger partial charge in [0.05, 0.1) is 0 Å². The van der Waals surface area contributed by atoms with Crippen LogP contribution in [0.3, 0.4) is 0 Å². The average molecular weight is 509 g/mol. The van der Waals surface area contributed by atoms with Gasteiger partial charge in [0.15, 0.2) is 0 Å². The van der Waals surface area contributed by atoms with Crippen molar-refractivity contribution >= 4 is 0 Å². The van der Waals surface area contributed by atoms with Crippen LogP contribution in [-0.4, -0.2) is 5.11 Å². The van der Waals surface area contributed by atoms with E-state index in [1.165, 1.54) is 57.3 Å². The molecule has 0 radical (unpaired) electrons. The molecule has 0 saturated carbocycles. The molecule has 0 aliphatic heterocycles. The first-order valence-electron chi connectivity index (χ1n) is 14.0. The molecule has 1 nitrogen and oxygen atoms in total. The molecule has 5 aromatic rings. The van der Waals surface area contributed by atoms with Crippen LogP contribution < -0.4 is 0 Å². The summed E-state index contributed by atoms with van der Waals surface area (Å²) in [6.07, 6.45) is 2.40. The van der Waals surface area contributed by atoms with Gasteiger partial charge in [0.1, 0.15) is 5.75 Å². The fraction of sp³-hybridized carbons (Fsp3) is 0.211. The van der Waals surface area contributed by atoms with Gasteiger partial charge in [0.25, 0.3) is 0 Å². The molecular weight excluding hydrogens is 472 g/mol. The van der Waals surface area contributed by atoms with Crippen molar-refractivity contribution in [2.75, 3.05) is 0 Å². The molecule has 1 N–H and O–H groups in total. The average Bonchev–Trinajstić information content (AvgIpc) is 2.96. The normalized spacial score (nSPS) is 15.5. The van der Waals surface area contributed by atoms with Gasteiger partial charge in [-0.2, -0.15) is 0 Å². The third-order valence-corrected chi connectivity index (χ3v) is 8.69. The summed E-state index contributed by atoms with van der Waals surface area (Å²) in [5.74, 6) is 0.281. The smallest absolute Gasteiger partial charge is 0.115 e. The highest BCUT2D eigenvalue weighted by Crippen LogP contribution is 2.48.